The summed E-state index contributed by atoms with van der Waals surface area (Å²) in [4.78, 5) is 2.27. The molecule has 0 fully saturated rings. The highest BCUT2D eigenvalue weighted by Gasteiger charge is 2.19. The highest BCUT2D eigenvalue weighted by Crippen LogP contribution is 2.32. The minimum Gasteiger partial charge on any atom is -0.323 e. The normalized spacial score (nSPS) is 14.8. The predicted molar refractivity (Wildman–Crippen MR) is 84.7 cm³/mol. The quantitative estimate of drug-likeness (QED) is 0.742. The van der Waals surface area contributed by atoms with Crippen molar-refractivity contribution in [3.8, 4) is 0 Å². The second kappa shape index (κ2) is 5.14. The summed E-state index contributed by atoms with van der Waals surface area (Å²) >= 11 is 0. The maximum absolute atomic E-state index is 4.42. The molecule has 1 aliphatic heterocycles. The monoisotopic (exact) mass is 276 g/mol. The Morgan fingerprint density at radius 2 is 1.86 bits per heavy atom. The lowest BCUT2D eigenvalue weighted by molar-refractivity contribution is 0.710. The molecular formula is C17H16N4. The average Bonchev–Trinajstić information content (AvgIpc) is 2.77. The lowest BCUT2D eigenvalue weighted by atomic mass is 10.1. The maximum atomic E-state index is 4.42. The van der Waals surface area contributed by atoms with Crippen LogP contribution in [0.25, 0.3) is 10.8 Å². The number of rotatable bonds is 1. The van der Waals surface area contributed by atoms with Gasteiger partial charge in [-0.25, -0.2) is 0 Å². The van der Waals surface area contributed by atoms with Gasteiger partial charge in [0.1, 0.15) is 0 Å². The Morgan fingerprint density at radius 3 is 2.86 bits per heavy atom. The minimum absolute atomic E-state index is 0.889. The van der Waals surface area contributed by atoms with E-state index in [1.54, 1.807) is 0 Å². The molecule has 1 aromatic heterocycles. The first-order valence-corrected chi connectivity index (χ1v) is 7.20. The Morgan fingerprint density at radius 1 is 1.00 bits per heavy atom. The first-order valence-electron chi connectivity index (χ1n) is 7.20. The summed E-state index contributed by atoms with van der Waals surface area (Å²) in [7, 11) is 0. The molecule has 0 spiro atoms. The molecule has 1 N–H and O–H groups in total. The summed E-state index contributed by atoms with van der Waals surface area (Å²) in [5.74, 6) is 0.934. The van der Waals surface area contributed by atoms with Gasteiger partial charge in [0.05, 0.1) is 6.20 Å². The van der Waals surface area contributed by atoms with Gasteiger partial charge in [-0.3, -0.25) is 0 Å². The van der Waals surface area contributed by atoms with Crippen molar-refractivity contribution in [1.82, 2.24) is 15.5 Å². The van der Waals surface area contributed by atoms with Crippen LogP contribution in [-0.2, 0) is 6.54 Å². The van der Waals surface area contributed by atoms with Crippen molar-refractivity contribution >= 4 is 22.3 Å². The Balaban J connectivity index is 1.92. The number of hydrogen-bond acceptors (Lipinski definition) is 4. The Hall–Kier alpha value is -2.46. The molecule has 0 aliphatic carbocycles. The number of para-hydroxylation sites is 1. The third-order valence-corrected chi connectivity index (χ3v) is 3.92. The number of anilines is 2. The first kappa shape index (κ1) is 12.3. The summed E-state index contributed by atoms with van der Waals surface area (Å²) < 4.78 is 0. The van der Waals surface area contributed by atoms with Crippen LogP contribution in [0, 0.1) is 0 Å². The zero-order valence-corrected chi connectivity index (χ0v) is 11.7. The summed E-state index contributed by atoms with van der Waals surface area (Å²) in [6.07, 6.45) is 1.82. The van der Waals surface area contributed by atoms with Gasteiger partial charge < -0.3 is 10.2 Å². The molecule has 0 atom stereocenters. The largest absolute Gasteiger partial charge is 0.323 e. The number of nitrogens with one attached hydrogen (secondary N) is 1. The molecule has 0 unspecified atom stereocenters. The summed E-state index contributed by atoms with van der Waals surface area (Å²) in [6, 6.07) is 16.8. The number of hydrogen-bond donors (Lipinski definition) is 1. The van der Waals surface area contributed by atoms with Gasteiger partial charge in [-0.05, 0) is 11.6 Å². The number of benzene rings is 2. The van der Waals surface area contributed by atoms with Crippen LogP contribution >= 0.6 is 0 Å². The van der Waals surface area contributed by atoms with E-state index >= 15 is 0 Å². The summed E-state index contributed by atoms with van der Waals surface area (Å²) in [6.45, 7) is 2.71. The molecular weight excluding hydrogens is 260 g/mol. The van der Waals surface area contributed by atoms with Crippen molar-refractivity contribution in [3.05, 3.63) is 60.3 Å². The van der Waals surface area contributed by atoms with E-state index in [1.165, 1.54) is 11.3 Å². The second-order valence-corrected chi connectivity index (χ2v) is 5.21. The summed E-state index contributed by atoms with van der Waals surface area (Å²) in [5.41, 5.74) is 2.51. The van der Waals surface area contributed by atoms with Gasteiger partial charge >= 0.3 is 0 Å². The zero-order valence-electron chi connectivity index (χ0n) is 11.7. The van der Waals surface area contributed by atoms with E-state index in [1.807, 2.05) is 12.3 Å². The van der Waals surface area contributed by atoms with Crippen LogP contribution in [0.1, 0.15) is 5.56 Å². The predicted octanol–water partition coefficient (Wildman–Crippen LogP) is 2.87. The molecule has 0 amide bonds. The van der Waals surface area contributed by atoms with E-state index in [9.17, 15) is 0 Å². The molecule has 2 heterocycles. The fraction of sp³-hybridized carbons (Fsp3) is 0.176. The molecule has 4 rings (SSSR count). The van der Waals surface area contributed by atoms with Crippen LogP contribution in [-0.4, -0.2) is 23.3 Å². The Bertz CT molecular complexity index is 779. The molecule has 0 saturated carbocycles. The van der Waals surface area contributed by atoms with Crippen molar-refractivity contribution in [1.29, 1.82) is 0 Å². The lowest BCUT2D eigenvalue weighted by Gasteiger charge is -2.24. The van der Waals surface area contributed by atoms with Crippen molar-refractivity contribution in [2.75, 3.05) is 18.0 Å². The molecule has 4 heteroatoms. The van der Waals surface area contributed by atoms with Crippen molar-refractivity contribution in [2.24, 2.45) is 0 Å². The van der Waals surface area contributed by atoms with Crippen molar-refractivity contribution < 1.29 is 0 Å². The van der Waals surface area contributed by atoms with E-state index < -0.39 is 0 Å². The van der Waals surface area contributed by atoms with E-state index in [2.05, 4.69) is 62.9 Å². The van der Waals surface area contributed by atoms with E-state index in [0.717, 1.165) is 36.2 Å². The van der Waals surface area contributed by atoms with Crippen molar-refractivity contribution in [2.45, 2.75) is 6.54 Å². The SMILES string of the molecule is c1ccc2c(c1)CNCCN2c1nncc2ccccc12. The molecule has 3 aromatic rings. The number of aromatic nitrogens is 2. The number of fused-ring (bicyclic) bond motifs is 2. The molecule has 1 aliphatic rings. The van der Waals surface area contributed by atoms with Crippen LogP contribution in [0.2, 0.25) is 0 Å². The summed E-state index contributed by atoms with van der Waals surface area (Å²) in [5, 5.41) is 14.3. The number of nitrogens with zero attached hydrogens (tertiary/aromatic N) is 3. The van der Waals surface area contributed by atoms with Gasteiger partial charge in [0.2, 0.25) is 0 Å². The standard InChI is InChI=1S/C17H16N4/c1-3-7-15-13(5-1)12-19-20-17(15)21-10-9-18-11-14-6-2-4-8-16(14)21/h1-8,12,18H,9-11H2. The molecule has 21 heavy (non-hydrogen) atoms. The average molecular weight is 276 g/mol. The third kappa shape index (κ3) is 2.14. The van der Waals surface area contributed by atoms with Gasteiger partial charge in [0, 0.05) is 36.1 Å². The Labute approximate surface area is 123 Å². The van der Waals surface area contributed by atoms with Gasteiger partial charge in [0.25, 0.3) is 0 Å². The molecule has 2 aromatic carbocycles. The van der Waals surface area contributed by atoms with E-state index in [4.69, 9.17) is 0 Å². The van der Waals surface area contributed by atoms with Gasteiger partial charge in [-0.15, -0.1) is 5.10 Å². The highest BCUT2D eigenvalue weighted by atomic mass is 15.3. The third-order valence-electron chi connectivity index (χ3n) is 3.92. The fourth-order valence-corrected chi connectivity index (χ4v) is 2.89. The minimum atomic E-state index is 0.889. The van der Waals surface area contributed by atoms with E-state index in [0.29, 0.717) is 0 Å². The maximum Gasteiger partial charge on any atom is 0.163 e. The Kier molecular flexibility index (Phi) is 3.01. The lowest BCUT2D eigenvalue weighted by Crippen LogP contribution is -2.25. The zero-order chi connectivity index (χ0) is 14.1. The first-order chi connectivity index (χ1) is 10.4. The van der Waals surface area contributed by atoms with Crippen LogP contribution in [0.5, 0.6) is 0 Å². The topological polar surface area (TPSA) is 41.0 Å². The van der Waals surface area contributed by atoms with Crippen LogP contribution in [0.15, 0.2) is 54.7 Å². The van der Waals surface area contributed by atoms with Crippen molar-refractivity contribution in [3.63, 3.8) is 0 Å². The van der Waals surface area contributed by atoms with Crippen LogP contribution in [0.3, 0.4) is 0 Å². The van der Waals surface area contributed by atoms with E-state index in [-0.39, 0.29) is 0 Å². The van der Waals surface area contributed by atoms with Gasteiger partial charge in [-0.1, -0.05) is 42.5 Å². The molecule has 0 bridgehead atoms. The van der Waals surface area contributed by atoms with Crippen LogP contribution < -0.4 is 10.2 Å². The van der Waals surface area contributed by atoms with Gasteiger partial charge in [0.15, 0.2) is 5.82 Å². The molecule has 104 valence electrons. The molecule has 0 saturated heterocycles. The fourth-order valence-electron chi connectivity index (χ4n) is 2.89. The van der Waals surface area contributed by atoms with Crippen LogP contribution in [0.4, 0.5) is 11.5 Å². The molecule has 0 radical (unpaired) electrons. The smallest absolute Gasteiger partial charge is 0.163 e. The second-order valence-electron chi connectivity index (χ2n) is 5.21. The molecule has 4 nitrogen and oxygen atoms in total. The van der Waals surface area contributed by atoms with Gasteiger partial charge in [-0.2, -0.15) is 5.10 Å². The highest BCUT2D eigenvalue weighted by molar-refractivity contribution is 5.93.